The summed E-state index contributed by atoms with van der Waals surface area (Å²) in [6.07, 6.45) is 0. The molecule has 2 rings (SSSR count). The Balaban J connectivity index is 2.17. The number of anilines is 1. The lowest BCUT2D eigenvalue weighted by Gasteiger charge is -2.05. The van der Waals surface area contributed by atoms with Gasteiger partial charge in [-0.05, 0) is 36.3 Å². The molecule has 0 aliphatic carbocycles. The zero-order valence-corrected chi connectivity index (χ0v) is 11.1. The molecule has 0 radical (unpaired) electrons. The average Bonchev–Trinajstić information content (AvgIpc) is 2.53. The lowest BCUT2D eigenvalue weighted by Crippen LogP contribution is -2.13. The number of nitrogens with two attached hydrogens (primary N) is 1. The topological polar surface area (TPSA) is 91.8 Å². The first-order chi connectivity index (χ1) is 10.2. The van der Waals surface area contributed by atoms with Gasteiger partial charge >= 0.3 is 0 Å². The molecule has 5 heteroatoms. The van der Waals surface area contributed by atoms with Crippen LogP contribution in [0, 0.1) is 23.2 Å². The SMILES string of the molecule is N#Cc1cccc(C(=O)Nc2cccc(C#CCN)n2)c1. The van der Waals surface area contributed by atoms with Gasteiger partial charge in [0.2, 0.25) is 0 Å². The normalized spacial score (nSPS) is 9.14. The smallest absolute Gasteiger partial charge is 0.256 e. The first-order valence-corrected chi connectivity index (χ1v) is 6.20. The van der Waals surface area contributed by atoms with E-state index in [1.807, 2.05) is 6.07 Å². The Hall–Kier alpha value is -3.15. The molecule has 5 nitrogen and oxygen atoms in total. The monoisotopic (exact) mass is 276 g/mol. The summed E-state index contributed by atoms with van der Waals surface area (Å²) in [4.78, 5) is 16.3. The second kappa shape index (κ2) is 6.85. The van der Waals surface area contributed by atoms with E-state index >= 15 is 0 Å². The minimum atomic E-state index is -0.330. The van der Waals surface area contributed by atoms with Crippen molar-refractivity contribution in [2.75, 3.05) is 11.9 Å². The predicted octanol–water partition coefficient (Wildman–Crippen LogP) is 1.52. The first-order valence-electron chi connectivity index (χ1n) is 6.20. The van der Waals surface area contributed by atoms with E-state index < -0.39 is 0 Å². The summed E-state index contributed by atoms with van der Waals surface area (Å²) in [7, 11) is 0. The van der Waals surface area contributed by atoms with Crippen LogP contribution < -0.4 is 11.1 Å². The second-order valence-electron chi connectivity index (χ2n) is 4.06. The van der Waals surface area contributed by atoms with Crippen molar-refractivity contribution in [3.05, 3.63) is 59.3 Å². The van der Waals surface area contributed by atoms with Crippen LogP contribution >= 0.6 is 0 Å². The maximum Gasteiger partial charge on any atom is 0.256 e. The van der Waals surface area contributed by atoms with Gasteiger partial charge in [0.05, 0.1) is 18.2 Å². The average molecular weight is 276 g/mol. The van der Waals surface area contributed by atoms with Gasteiger partial charge in [0.15, 0.2) is 0 Å². The third kappa shape index (κ3) is 3.90. The van der Waals surface area contributed by atoms with Crippen molar-refractivity contribution in [3.63, 3.8) is 0 Å². The molecule has 0 spiro atoms. The molecule has 21 heavy (non-hydrogen) atoms. The Labute approximate surface area is 122 Å². The Bertz CT molecular complexity index is 766. The maximum absolute atomic E-state index is 12.1. The van der Waals surface area contributed by atoms with E-state index in [-0.39, 0.29) is 12.5 Å². The zero-order chi connectivity index (χ0) is 15.1. The van der Waals surface area contributed by atoms with Crippen LogP contribution in [0.3, 0.4) is 0 Å². The fourth-order valence-corrected chi connectivity index (χ4v) is 1.63. The molecule has 0 saturated heterocycles. The van der Waals surface area contributed by atoms with Gasteiger partial charge < -0.3 is 11.1 Å². The highest BCUT2D eigenvalue weighted by molar-refractivity contribution is 6.03. The van der Waals surface area contributed by atoms with Gasteiger partial charge in [-0.3, -0.25) is 4.79 Å². The second-order valence-corrected chi connectivity index (χ2v) is 4.06. The maximum atomic E-state index is 12.1. The minimum absolute atomic E-state index is 0.249. The summed E-state index contributed by atoms with van der Waals surface area (Å²) in [6, 6.07) is 13.6. The molecule has 0 aliphatic heterocycles. The third-order valence-electron chi connectivity index (χ3n) is 2.56. The summed E-state index contributed by atoms with van der Waals surface area (Å²) in [5, 5.41) is 11.5. The minimum Gasteiger partial charge on any atom is -0.320 e. The number of hydrogen-bond donors (Lipinski definition) is 2. The van der Waals surface area contributed by atoms with Crippen LogP contribution in [0.5, 0.6) is 0 Å². The number of aromatic nitrogens is 1. The summed E-state index contributed by atoms with van der Waals surface area (Å²) >= 11 is 0. The largest absolute Gasteiger partial charge is 0.320 e. The Morgan fingerprint density at radius 3 is 2.86 bits per heavy atom. The van der Waals surface area contributed by atoms with Crippen molar-refractivity contribution in [3.8, 4) is 17.9 Å². The summed E-state index contributed by atoms with van der Waals surface area (Å²) in [5.74, 6) is 5.56. The number of nitrogens with one attached hydrogen (secondary N) is 1. The quantitative estimate of drug-likeness (QED) is 0.813. The van der Waals surface area contributed by atoms with E-state index in [4.69, 9.17) is 11.0 Å². The molecule has 0 bridgehead atoms. The number of hydrogen-bond acceptors (Lipinski definition) is 4. The van der Waals surface area contributed by atoms with Crippen LogP contribution in [-0.2, 0) is 0 Å². The molecule has 0 atom stereocenters. The van der Waals surface area contributed by atoms with E-state index in [1.165, 1.54) is 6.07 Å². The standard InChI is InChI=1S/C16H12N4O/c17-9-3-7-14-6-2-8-15(19-14)20-16(21)13-5-1-4-12(10-13)11-18/h1-2,4-6,8,10H,9,17H2,(H,19,20,21). The zero-order valence-electron chi connectivity index (χ0n) is 11.1. The van der Waals surface area contributed by atoms with E-state index in [1.54, 1.807) is 36.4 Å². The lowest BCUT2D eigenvalue weighted by atomic mass is 10.1. The van der Waals surface area contributed by atoms with Crippen LogP contribution in [0.15, 0.2) is 42.5 Å². The number of carbonyl (C=O) groups is 1. The Kier molecular flexibility index (Phi) is 4.66. The molecule has 1 heterocycles. The van der Waals surface area contributed by atoms with Gasteiger partial charge in [-0.25, -0.2) is 4.98 Å². The molecular formula is C16H12N4O. The van der Waals surface area contributed by atoms with E-state index in [9.17, 15) is 4.79 Å². The van der Waals surface area contributed by atoms with Crippen LogP contribution in [-0.4, -0.2) is 17.4 Å². The predicted molar refractivity (Wildman–Crippen MR) is 79.3 cm³/mol. The lowest BCUT2D eigenvalue weighted by molar-refractivity contribution is 0.102. The van der Waals surface area contributed by atoms with E-state index in [0.29, 0.717) is 22.6 Å². The summed E-state index contributed by atoms with van der Waals surface area (Å²) in [5.41, 5.74) is 6.66. The first kappa shape index (κ1) is 14.3. The van der Waals surface area contributed by atoms with Crippen LogP contribution in [0.25, 0.3) is 0 Å². The molecular weight excluding hydrogens is 264 g/mol. The fraction of sp³-hybridized carbons (Fsp3) is 0.0625. The number of rotatable bonds is 2. The van der Waals surface area contributed by atoms with Crippen molar-refractivity contribution in [1.82, 2.24) is 4.98 Å². The van der Waals surface area contributed by atoms with Gasteiger partial charge in [0.1, 0.15) is 11.5 Å². The molecule has 1 aromatic carbocycles. The molecule has 0 unspecified atom stereocenters. The van der Waals surface area contributed by atoms with Crippen molar-refractivity contribution >= 4 is 11.7 Å². The molecule has 0 aliphatic rings. The molecule has 102 valence electrons. The van der Waals surface area contributed by atoms with Crippen LogP contribution in [0.4, 0.5) is 5.82 Å². The Morgan fingerprint density at radius 2 is 2.10 bits per heavy atom. The number of pyridine rings is 1. The Morgan fingerprint density at radius 1 is 1.29 bits per heavy atom. The van der Waals surface area contributed by atoms with Crippen LogP contribution in [0.2, 0.25) is 0 Å². The number of carbonyl (C=O) groups excluding carboxylic acids is 1. The summed E-state index contributed by atoms with van der Waals surface area (Å²) < 4.78 is 0. The molecule has 1 aromatic heterocycles. The van der Waals surface area contributed by atoms with Gasteiger partial charge in [0, 0.05) is 5.56 Å². The molecule has 0 fully saturated rings. The van der Waals surface area contributed by atoms with Crippen molar-refractivity contribution in [2.24, 2.45) is 5.73 Å². The van der Waals surface area contributed by atoms with Gasteiger partial charge in [-0.15, -0.1) is 0 Å². The highest BCUT2D eigenvalue weighted by Gasteiger charge is 2.07. The van der Waals surface area contributed by atoms with Gasteiger partial charge in [-0.1, -0.05) is 18.1 Å². The van der Waals surface area contributed by atoms with Gasteiger partial charge in [0.25, 0.3) is 5.91 Å². The van der Waals surface area contributed by atoms with E-state index in [2.05, 4.69) is 22.1 Å². The van der Waals surface area contributed by atoms with Crippen LogP contribution in [0.1, 0.15) is 21.6 Å². The number of benzene rings is 1. The third-order valence-corrected chi connectivity index (χ3v) is 2.56. The molecule has 2 aromatic rings. The number of nitriles is 1. The van der Waals surface area contributed by atoms with E-state index in [0.717, 1.165) is 0 Å². The molecule has 1 amide bonds. The van der Waals surface area contributed by atoms with Gasteiger partial charge in [-0.2, -0.15) is 5.26 Å². The molecule has 3 N–H and O–H groups in total. The highest BCUT2D eigenvalue weighted by Crippen LogP contribution is 2.09. The number of amides is 1. The molecule has 0 saturated carbocycles. The van der Waals surface area contributed by atoms with Crippen molar-refractivity contribution in [1.29, 1.82) is 5.26 Å². The summed E-state index contributed by atoms with van der Waals surface area (Å²) in [6.45, 7) is 0.249. The fourth-order valence-electron chi connectivity index (χ4n) is 1.63. The highest BCUT2D eigenvalue weighted by atomic mass is 16.1. The van der Waals surface area contributed by atoms with Crippen molar-refractivity contribution in [2.45, 2.75) is 0 Å². The number of nitrogens with zero attached hydrogens (tertiary/aromatic N) is 2. The van der Waals surface area contributed by atoms with Crippen molar-refractivity contribution < 1.29 is 4.79 Å².